The van der Waals surface area contributed by atoms with Crippen LogP contribution in [0.15, 0.2) is 18.3 Å². The number of pyridine rings is 1. The van der Waals surface area contributed by atoms with Crippen molar-refractivity contribution >= 4 is 17.6 Å². The molecule has 1 heterocycles. The van der Waals surface area contributed by atoms with Gasteiger partial charge in [0, 0.05) is 24.6 Å². The topological polar surface area (TPSA) is 71.1 Å². The first-order valence-corrected chi connectivity index (χ1v) is 8.65. The quantitative estimate of drug-likeness (QED) is 0.839. The van der Waals surface area contributed by atoms with Crippen molar-refractivity contribution in [2.45, 2.75) is 57.4 Å². The molecule has 0 aliphatic heterocycles. The van der Waals surface area contributed by atoms with Gasteiger partial charge in [-0.05, 0) is 37.8 Å². The highest BCUT2D eigenvalue weighted by molar-refractivity contribution is 5.87. The first-order valence-electron chi connectivity index (χ1n) is 8.65. The molecule has 2 aliphatic rings. The zero-order valence-corrected chi connectivity index (χ0v) is 14.0. The highest BCUT2D eigenvalue weighted by Gasteiger charge is 2.37. The second kappa shape index (κ2) is 7.04. The number of nitrogens with one attached hydrogen (secondary N) is 2. The zero-order chi connectivity index (χ0) is 17.0. The van der Waals surface area contributed by atoms with Crippen molar-refractivity contribution in [3.8, 4) is 11.8 Å². The molecule has 2 N–H and O–H groups in total. The Labute approximate surface area is 142 Å². The fourth-order valence-corrected chi connectivity index (χ4v) is 3.03. The standard InChI is InChI=1S/C19H23N3O2/c1-14(23)21-17-8-5-15(13-20-17)9-12-19(10-3-2-4-11-19)22-18(24)16-6-7-16/h5,8,13,16H,2-4,6-7,10-11H2,1H3,(H,22,24)(H,20,21,23). The van der Waals surface area contributed by atoms with Gasteiger partial charge in [0.15, 0.2) is 0 Å². The van der Waals surface area contributed by atoms with E-state index < -0.39 is 5.54 Å². The molecule has 0 bridgehead atoms. The number of aromatic nitrogens is 1. The first kappa shape index (κ1) is 16.5. The number of carbonyl (C=O) groups is 2. The van der Waals surface area contributed by atoms with E-state index in [9.17, 15) is 9.59 Å². The van der Waals surface area contributed by atoms with E-state index >= 15 is 0 Å². The van der Waals surface area contributed by atoms with E-state index in [-0.39, 0.29) is 17.7 Å². The van der Waals surface area contributed by atoms with Gasteiger partial charge in [-0.25, -0.2) is 4.98 Å². The van der Waals surface area contributed by atoms with Gasteiger partial charge in [0.1, 0.15) is 11.4 Å². The van der Waals surface area contributed by atoms with E-state index in [2.05, 4.69) is 27.5 Å². The third-order valence-electron chi connectivity index (χ3n) is 4.53. The molecule has 0 spiro atoms. The summed E-state index contributed by atoms with van der Waals surface area (Å²) in [5.41, 5.74) is 0.392. The van der Waals surface area contributed by atoms with Gasteiger partial charge in [0.05, 0.1) is 0 Å². The molecule has 0 aromatic carbocycles. The van der Waals surface area contributed by atoms with Crippen LogP contribution in [-0.2, 0) is 9.59 Å². The average Bonchev–Trinajstić information content (AvgIpc) is 3.40. The van der Waals surface area contributed by atoms with E-state index in [4.69, 9.17) is 0 Å². The Morgan fingerprint density at radius 3 is 2.54 bits per heavy atom. The minimum Gasteiger partial charge on any atom is -0.340 e. The number of hydrogen-bond acceptors (Lipinski definition) is 3. The molecule has 5 nitrogen and oxygen atoms in total. The van der Waals surface area contributed by atoms with Crippen LogP contribution in [0.2, 0.25) is 0 Å². The molecular formula is C19H23N3O2. The number of carbonyl (C=O) groups excluding carboxylic acids is 2. The normalized spacial score (nSPS) is 18.9. The fraction of sp³-hybridized carbons (Fsp3) is 0.526. The molecule has 5 heteroatoms. The fourth-order valence-electron chi connectivity index (χ4n) is 3.03. The third-order valence-corrected chi connectivity index (χ3v) is 4.53. The highest BCUT2D eigenvalue weighted by atomic mass is 16.2. The molecule has 0 unspecified atom stereocenters. The van der Waals surface area contributed by atoms with Crippen LogP contribution in [0.25, 0.3) is 0 Å². The van der Waals surface area contributed by atoms with Gasteiger partial charge in [-0.1, -0.05) is 31.1 Å². The lowest BCUT2D eigenvalue weighted by Gasteiger charge is -2.33. The van der Waals surface area contributed by atoms with Crippen LogP contribution in [0, 0.1) is 17.8 Å². The summed E-state index contributed by atoms with van der Waals surface area (Å²) in [6.45, 7) is 1.45. The molecule has 0 atom stereocenters. The van der Waals surface area contributed by atoms with Crippen molar-refractivity contribution < 1.29 is 9.59 Å². The molecule has 126 valence electrons. The lowest BCUT2D eigenvalue weighted by molar-refractivity contribution is -0.124. The summed E-state index contributed by atoms with van der Waals surface area (Å²) in [4.78, 5) is 27.4. The summed E-state index contributed by atoms with van der Waals surface area (Å²) in [5.74, 6) is 7.20. The maximum Gasteiger partial charge on any atom is 0.224 e. The molecular weight excluding hydrogens is 302 g/mol. The molecule has 1 aromatic heterocycles. The number of nitrogens with zero attached hydrogens (tertiary/aromatic N) is 1. The molecule has 24 heavy (non-hydrogen) atoms. The van der Waals surface area contributed by atoms with E-state index in [1.165, 1.54) is 13.3 Å². The Bertz CT molecular complexity index is 675. The largest absolute Gasteiger partial charge is 0.340 e. The molecule has 2 aliphatic carbocycles. The molecule has 2 fully saturated rings. The van der Waals surface area contributed by atoms with Crippen LogP contribution in [-0.4, -0.2) is 22.3 Å². The first-order chi connectivity index (χ1) is 11.6. The van der Waals surface area contributed by atoms with E-state index in [1.807, 2.05) is 6.07 Å². The summed E-state index contributed by atoms with van der Waals surface area (Å²) < 4.78 is 0. The maximum absolute atomic E-state index is 12.2. The minimum absolute atomic E-state index is 0.148. The SMILES string of the molecule is CC(=O)Nc1ccc(C#CC2(NC(=O)C3CC3)CCCCC2)cn1. The lowest BCUT2D eigenvalue weighted by atomic mass is 9.81. The van der Waals surface area contributed by atoms with Gasteiger partial charge < -0.3 is 10.6 Å². The molecule has 1 aromatic rings. The van der Waals surface area contributed by atoms with E-state index in [0.29, 0.717) is 5.82 Å². The van der Waals surface area contributed by atoms with E-state index in [1.54, 1.807) is 12.3 Å². The smallest absolute Gasteiger partial charge is 0.224 e. The molecule has 0 radical (unpaired) electrons. The van der Waals surface area contributed by atoms with Gasteiger partial charge in [0.2, 0.25) is 11.8 Å². The zero-order valence-electron chi connectivity index (χ0n) is 14.0. The number of amides is 2. The van der Waals surface area contributed by atoms with Crippen LogP contribution < -0.4 is 10.6 Å². The van der Waals surface area contributed by atoms with Crippen molar-refractivity contribution in [1.82, 2.24) is 10.3 Å². The molecule has 2 amide bonds. The van der Waals surface area contributed by atoms with Crippen molar-refractivity contribution in [1.29, 1.82) is 0 Å². The van der Waals surface area contributed by atoms with Gasteiger partial charge in [-0.2, -0.15) is 0 Å². The Kier molecular flexibility index (Phi) is 4.84. The van der Waals surface area contributed by atoms with Gasteiger partial charge in [0.25, 0.3) is 0 Å². The van der Waals surface area contributed by atoms with Crippen molar-refractivity contribution in [2.75, 3.05) is 5.32 Å². The number of anilines is 1. The molecule has 3 rings (SSSR count). The lowest BCUT2D eigenvalue weighted by Crippen LogP contribution is -2.49. The minimum atomic E-state index is -0.395. The average molecular weight is 325 g/mol. The molecule has 0 saturated heterocycles. The second-order valence-corrected chi connectivity index (χ2v) is 6.77. The second-order valence-electron chi connectivity index (χ2n) is 6.77. The summed E-state index contributed by atoms with van der Waals surface area (Å²) in [5, 5.41) is 5.85. The van der Waals surface area contributed by atoms with Crippen LogP contribution in [0.5, 0.6) is 0 Å². The Morgan fingerprint density at radius 1 is 1.21 bits per heavy atom. The summed E-state index contributed by atoms with van der Waals surface area (Å²) in [6, 6.07) is 3.58. The summed E-state index contributed by atoms with van der Waals surface area (Å²) in [6.07, 6.45) is 8.88. The Morgan fingerprint density at radius 2 is 1.96 bits per heavy atom. The van der Waals surface area contributed by atoms with Crippen LogP contribution >= 0.6 is 0 Å². The van der Waals surface area contributed by atoms with Gasteiger partial charge in [-0.15, -0.1) is 0 Å². The van der Waals surface area contributed by atoms with Crippen LogP contribution in [0.3, 0.4) is 0 Å². The Balaban J connectivity index is 1.73. The third kappa shape index (κ3) is 4.35. The summed E-state index contributed by atoms with van der Waals surface area (Å²) in [7, 11) is 0. The van der Waals surface area contributed by atoms with Crippen molar-refractivity contribution in [3.05, 3.63) is 23.9 Å². The van der Waals surface area contributed by atoms with Crippen molar-refractivity contribution in [2.24, 2.45) is 5.92 Å². The monoisotopic (exact) mass is 325 g/mol. The highest BCUT2D eigenvalue weighted by Crippen LogP contribution is 2.33. The molecule has 2 saturated carbocycles. The van der Waals surface area contributed by atoms with E-state index in [0.717, 1.165) is 44.1 Å². The van der Waals surface area contributed by atoms with Crippen molar-refractivity contribution in [3.63, 3.8) is 0 Å². The summed E-state index contributed by atoms with van der Waals surface area (Å²) >= 11 is 0. The van der Waals surface area contributed by atoms with Crippen LogP contribution in [0.4, 0.5) is 5.82 Å². The maximum atomic E-state index is 12.2. The predicted molar refractivity (Wildman–Crippen MR) is 92.1 cm³/mol. The number of rotatable bonds is 3. The van der Waals surface area contributed by atoms with Gasteiger partial charge >= 0.3 is 0 Å². The number of hydrogen-bond donors (Lipinski definition) is 2. The Hall–Kier alpha value is -2.35. The van der Waals surface area contributed by atoms with Gasteiger partial charge in [-0.3, -0.25) is 9.59 Å². The predicted octanol–water partition coefficient (Wildman–Crippen LogP) is 2.62. The van der Waals surface area contributed by atoms with Crippen LogP contribution in [0.1, 0.15) is 57.4 Å².